The summed E-state index contributed by atoms with van der Waals surface area (Å²) in [5.74, 6) is 0.724. The van der Waals surface area contributed by atoms with Crippen molar-refractivity contribution in [3.63, 3.8) is 0 Å². The average Bonchev–Trinajstić information content (AvgIpc) is 2.62. The molecular weight excluding hydrogens is 210 g/mol. The number of nitrogens with one attached hydrogen (secondary N) is 1. The monoisotopic (exact) mass is 241 g/mol. The van der Waals surface area contributed by atoms with Gasteiger partial charge in [-0.25, -0.2) is 0 Å². The largest absolute Gasteiger partial charge is 0.371 e. The van der Waals surface area contributed by atoms with E-state index in [2.05, 4.69) is 39.9 Å². The van der Waals surface area contributed by atoms with Gasteiger partial charge in [-0.05, 0) is 32.1 Å². The van der Waals surface area contributed by atoms with Crippen LogP contribution in [0.15, 0.2) is 0 Å². The van der Waals surface area contributed by atoms with Crippen LogP contribution in [0, 0.1) is 5.92 Å². The van der Waals surface area contributed by atoms with Crippen molar-refractivity contribution < 1.29 is 4.74 Å². The molecule has 1 aliphatic carbocycles. The third kappa shape index (κ3) is 5.39. The minimum atomic E-state index is 0.124. The van der Waals surface area contributed by atoms with E-state index < -0.39 is 0 Å². The van der Waals surface area contributed by atoms with Crippen LogP contribution in [-0.2, 0) is 4.74 Å². The smallest absolute Gasteiger partial charge is 0.0810 e. The quantitative estimate of drug-likeness (QED) is 0.733. The molecule has 0 aromatic carbocycles. The first-order chi connectivity index (χ1) is 7.93. The van der Waals surface area contributed by atoms with Gasteiger partial charge in [-0.3, -0.25) is 0 Å². The van der Waals surface area contributed by atoms with Gasteiger partial charge in [-0.1, -0.05) is 40.5 Å². The van der Waals surface area contributed by atoms with E-state index in [0.29, 0.717) is 12.1 Å². The van der Waals surface area contributed by atoms with Crippen LogP contribution >= 0.6 is 0 Å². The molecule has 0 spiro atoms. The summed E-state index contributed by atoms with van der Waals surface area (Å²) in [6.07, 6.45) is 6.68. The predicted octanol–water partition coefficient (Wildman–Crippen LogP) is 3.75. The summed E-state index contributed by atoms with van der Waals surface area (Å²) in [4.78, 5) is 0. The van der Waals surface area contributed by atoms with Gasteiger partial charge in [0.25, 0.3) is 0 Å². The summed E-state index contributed by atoms with van der Waals surface area (Å²) < 4.78 is 6.40. The Hall–Kier alpha value is -0.0800. The molecule has 1 fully saturated rings. The Balaban J connectivity index is 2.46. The highest BCUT2D eigenvalue weighted by Gasteiger charge is 2.36. The number of hydrogen-bond donors (Lipinski definition) is 1. The first kappa shape index (κ1) is 15.0. The zero-order chi connectivity index (χ0) is 12.9. The second-order valence-corrected chi connectivity index (χ2v) is 6.48. The van der Waals surface area contributed by atoms with Crippen LogP contribution in [-0.4, -0.2) is 24.3 Å². The Kier molecular flexibility index (Phi) is 5.94. The molecule has 2 heteroatoms. The standard InChI is InChI=1S/C15H31NO/c1-12(2)10-14(5)17-15(8-6-7-9-15)11-16-13(3)4/h12-14,16H,6-11H2,1-5H3. The third-order valence-electron chi connectivity index (χ3n) is 3.60. The zero-order valence-electron chi connectivity index (χ0n) is 12.4. The van der Waals surface area contributed by atoms with Gasteiger partial charge in [0.1, 0.15) is 0 Å². The van der Waals surface area contributed by atoms with Crippen LogP contribution in [0.25, 0.3) is 0 Å². The summed E-state index contributed by atoms with van der Waals surface area (Å²) in [5.41, 5.74) is 0.124. The topological polar surface area (TPSA) is 21.3 Å². The van der Waals surface area contributed by atoms with Crippen molar-refractivity contribution in [2.45, 2.75) is 84.5 Å². The SMILES string of the molecule is CC(C)CC(C)OC1(CNC(C)C)CCCC1. The second-order valence-electron chi connectivity index (χ2n) is 6.48. The van der Waals surface area contributed by atoms with Crippen molar-refractivity contribution in [3.05, 3.63) is 0 Å². The number of ether oxygens (including phenoxy) is 1. The Morgan fingerprint density at radius 3 is 2.12 bits per heavy atom. The maximum Gasteiger partial charge on any atom is 0.0810 e. The minimum Gasteiger partial charge on any atom is -0.371 e. The van der Waals surface area contributed by atoms with Crippen LogP contribution < -0.4 is 5.32 Å². The Labute approximate surface area is 108 Å². The fourth-order valence-electron chi connectivity index (χ4n) is 2.88. The molecule has 0 aliphatic heterocycles. The van der Waals surface area contributed by atoms with Crippen LogP contribution in [0.3, 0.4) is 0 Å². The van der Waals surface area contributed by atoms with Gasteiger partial charge in [0.05, 0.1) is 11.7 Å². The first-order valence-electron chi connectivity index (χ1n) is 7.35. The highest BCUT2D eigenvalue weighted by atomic mass is 16.5. The minimum absolute atomic E-state index is 0.124. The molecule has 17 heavy (non-hydrogen) atoms. The summed E-state index contributed by atoms with van der Waals surface area (Å²) in [6.45, 7) is 12.2. The molecular formula is C15H31NO. The van der Waals surface area contributed by atoms with Crippen molar-refractivity contribution in [2.75, 3.05) is 6.54 Å². The third-order valence-corrected chi connectivity index (χ3v) is 3.60. The normalized spacial score (nSPS) is 21.4. The first-order valence-corrected chi connectivity index (χ1v) is 7.35. The van der Waals surface area contributed by atoms with Crippen LogP contribution in [0.4, 0.5) is 0 Å². The molecule has 0 saturated heterocycles. The van der Waals surface area contributed by atoms with E-state index in [9.17, 15) is 0 Å². The van der Waals surface area contributed by atoms with E-state index in [1.165, 1.54) is 32.1 Å². The van der Waals surface area contributed by atoms with Gasteiger partial charge >= 0.3 is 0 Å². The molecule has 0 amide bonds. The summed E-state index contributed by atoms with van der Waals surface area (Å²) in [7, 11) is 0. The van der Waals surface area contributed by atoms with Crippen LogP contribution in [0.5, 0.6) is 0 Å². The molecule has 0 aromatic heterocycles. The van der Waals surface area contributed by atoms with Gasteiger partial charge in [0.15, 0.2) is 0 Å². The lowest BCUT2D eigenvalue weighted by molar-refractivity contribution is -0.0882. The maximum absolute atomic E-state index is 6.40. The lowest BCUT2D eigenvalue weighted by Gasteiger charge is -2.34. The van der Waals surface area contributed by atoms with Gasteiger partial charge in [-0.15, -0.1) is 0 Å². The highest BCUT2D eigenvalue weighted by Crippen LogP contribution is 2.34. The molecule has 0 radical (unpaired) electrons. The predicted molar refractivity (Wildman–Crippen MR) is 74.3 cm³/mol. The van der Waals surface area contributed by atoms with Gasteiger partial charge in [0, 0.05) is 12.6 Å². The van der Waals surface area contributed by atoms with Crippen molar-refractivity contribution >= 4 is 0 Å². The maximum atomic E-state index is 6.40. The summed E-state index contributed by atoms with van der Waals surface area (Å²) in [6, 6.07) is 0.552. The molecule has 1 N–H and O–H groups in total. The van der Waals surface area contributed by atoms with Gasteiger partial charge < -0.3 is 10.1 Å². The molecule has 2 nitrogen and oxygen atoms in total. The molecule has 0 aromatic rings. The molecule has 1 rings (SSSR count). The number of rotatable bonds is 7. The van der Waals surface area contributed by atoms with Crippen LogP contribution in [0.1, 0.15) is 66.7 Å². The van der Waals surface area contributed by atoms with E-state index in [-0.39, 0.29) is 5.60 Å². The second kappa shape index (κ2) is 6.75. The van der Waals surface area contributed by atoms with E-state index in [0.717, 1.165) is 12.5 Å². The van der Waals surface area contributed by atoms with Crippen LogP contribution in [0.2, 0.25) is 0 Å². The molecule has 0 bridgehead atoms. The fraction of sp³-hybridized carbons (Fsp3) is 1.00. The molecule has 0 heterocycles. The van der Waals surface area contributed by atoms with Crippen molar-refractivity contribution in [2.24, 2.45) is 5.92 Å². The van der Waals surface area contributed by atoms with Crippen molar-refractivity contribution in [1.29, 1.82) is 0 Å². The van der Waals surface area contributed by atoms with Crippen molar-refractivity contribution in [1.82, 2.24) is 5.32 Å². The molecule has 1 saturated carbocycles. The summed E-state index contributed by atoms with van der Waals surface area (Å²) >= 11 is 0. The molecule has 1 aliphatic rings. The Morgan fingerprint density at radius 2 is 1.65 bits per heavy atom. The van der Waals surface area contributed by atoms with E-state index in [1.807, 2.05) is 0 Å². The Morgan fingerprint density at radius 1 is 1.06 bits per heavy atom. The average molecular weight is 241 g/mol. The summed E-state index contributed by atoms with van der Waals surface area (Å²) in [5, 5.41) is 3.56. The van der Waals surface area contributed by atoms with E-state index in [4.69, 9.17) is 4.74 Å². The zero-order valence-corrected chi connectivity index (χ0v) is 12.4. The molecule has 1 unspecified atom stereocenters. The highest BCUT2D eigenvalue weighted by molar-refractivity contribution is 4.90. The fourth-order valence-corrected chi connectivity index (χ4v) is 2.88. The lowest BCUT2D eigenvalue weighted by atomic mass is 10.00. The Bertz CT molecular complexity index is 207. The molecule has 102 valence electrons. The number of hydrogen-bond acceptors (Lipinski definition) is 2. The van der Waals surface area contributed by atoms with E-state index >= 15 is 0 Å². The lowest BCUT2D eigenvalue weighted by Crippen LogP contribution is -2.45. The van der Waals surface area contributed by atoms with Crippen molar-refractivity contribution in [3.8, 4) is 0 Å². The van der Waals surface area contributed by atoms with Gasteiger partial charge in [-0.2, -0.15) is 0 Å². The molecule has 1 atom stereocenters. The van der Waals surface area contributed by atoms with Gasteiger partial charge in [0.2, 0.25) is 0 Å². The van der Waals surface area contributed by atoms with E-state index in [1.54, 1.807) is 0 Å².